The Labute approximate surface area is 407 Å². The van der Waals surface area contributed by atoms with Gasteiger partial charge in [-0.05, 0) is 170 Å². The average molecular weight is 952 g/mol. The van der Waals surface area contributed by atoms with Crippen LogP contribution in [0.3, 0.4) is 0 Å². The Kier molecular flexibility index (Phi) is 12.0. The highest BCUT2D eigenvalue weighted by atomic mass is 32.1. The van der Waals surface area contributed by atoms with Gasteiger partial charge in [0.2, 0.25) is 0 Å². The molecule has 4 N–H and O–H groups in total. The number of nitrogens with one attached hydrogen (secondary N) is 1. The number of unbranched alkanes of at least 4 members (excludes halogenated alkanes) is 1. The zero-order valence-corrected chi connectivity index (χ0v) is 41.0. The number of fused-ring (bicyclic) bond motifs is 3. The van der Waals surface area contributed by atoms with Gasteiger partial charge in [0.1, 0.15) is 23.3 Å². The number of rotatable bonds is 13. The van der Waals surface area contributed by atoms with E-state index in [1.807, 2.05) is 36.5 Å². The van der Waals surface area contributed by atoms with Crippen LogP contribution >= 0.6 is 11.3 Å². The zero-order chi connectivity index (χ0) is 47.8. The maximum atomic E-state index is 13.9. The van der Waals surface area contributed by atoms with Gasteiger partial charge in [-0.2, -0.15) is 10.1 Å². The third-order valence-corrected chi connectivity index (χ3v) is 18.1. The van der Waals surface area contributed by atoms with E-state index in [0.29, 0.717) is 63.8 Å². The summed E-state index contributed by atoms with van der Waals surface area (Å²) in [6, 6.07) is 10.9. The number of amidine groups is 1. The fraction of sp³-hybridized carbons (Fsp3) is 0.556. The van der Waals surface area contributed by atoms with Crippen LogP contribution in [0.15, 0.2) is 53.8 Å². The number of benzene rings is 2. The van der Waals surface area contributed by atoms with E-state index >= 15 is 0 Å². The van der Waals surface area contributed by atoms with Crippen molar-refractivity contribution >= 4 is 68.2 Å². The van der Waals surface area contributed by atoms with Gasteiger partial charge in [0.05, 0.1) is 38.1 Å². The molecule has 1 spiro atoms. The molecule has 5 aromatic rings. The molecule has 3 saturated carbocycles. The van der Waals surface area contributed by atoms with Crippen molar-refractivity contribution in [2.24, 2.45) is 33.9 Å². The Hall–Kier alpha value is -5.54. The number of carbonyl (C=O) groups excluding carboxylic acids is 4. The molecule has 362 valence electrons. The van der Waals surface area contributed by atoms with E-state index in [0.717, 1.165) is 101 Å². The Morgan fingerprint density at radius 1 is 0.957 bits per heavy atom. The van der Waals surface area contributed by atoms with Crippen molar-refractivity contribution in [2.75, 3.05) is 16.8 Å². The minimum atomic E-state index is -1.20. The van der Waals surface area contributed by atoms with E-state index in [1.165, 1.54) is 57.8 Å². The Morgan fingerprint density at radius 2 is 1.77 bits per heavy atom. The van der Waals surface area contributed by atoms with Gasteiger partial charge in [-0.3, -0.25) is 24.1 Å². The largest absolute Gasteiger partial charge is 0.387 e. The lowest BCUT2D eigenvalue weighted by Crippen LogP contribution is -2.47. The molecule has 2 unspecified atom stereocenters. The van der Waals surface area contributed by atoms with Crippen LogP contribution in [0.2, 0.25) is 0 Å². The molecule has 3 atom stereocenters. The van der Waals surface area contributed by atoms with Crippen molar-refractivity contribution in [3.63, 3.8) is 0 Å². The van der Waals surface area contributed by atoms with Crippen molar-refractivity contribution < 1.29 is 24.3 Å². The summed E-state index contributed by atoms with van der Waals surface area (Å²) in [5.41, 5.74) is 9.79. The SMILES string of the molecule is C[C@H]1CCCN1c1ccn2ncc(C(=O)Nc3cc4sc(C5CCC(CC6CCC7(C6)CC(CCCCc6cccc8c6C(=O)N(C6CCC(N)=NC6=O)C8=O)C7)CC5)nc4cc3C(C)(C)O)c2n1. The smallest absolute Gasteiger partial charge is 0.270 e. The zero-order valence-electron chi connectivity index (χ0n) is 40.2. The number of amides is 4. The first-order valence-electron chi connectivity index (χ1n) is 25.7. The van der Waals surface area contributed by atoms with Crippen LogP contribution < -0.4 is 16.0 Å². The molecule has 11 rings (SSSR count). The first-order chi connectivity index (χ1) is 33.2. The number of nitrogens with zero attached hydrogens (tertiary/aromatic N) is 7. The molecule has 2 aromatic carbocycles. The molecular weight excluding hydrogens is 887 g/mol. The fourth-order valence-electron chi connectivity index (χ4n) is 13.3. The van der Waals surface area contributed by atoms with Crippen LogP contribution in [0.1, 0.15) is 183 Å². The molecule has 69 heavy (non-hydrogen) atoms. The number of aliphatic imine (C=N–C) groups is 1. The van der Waals surface area contributed by atoms with Crippen molar-refractivity contribution in [3.8, 4) is 0 Å². The number of aromatic nitrogens is 4. The molecule has 3 aromatic heterocycles. The highest BCUT2D eigenvalue weighted by Gasteiger charge is 2.49. The lowest BCUT2D eigenvalue weighted by molar-refractivity contribution is -0.122. The average Bonchev–Trinajstić information content (AvgIpc) is 4.16. The minimum Gasteiger partial charge on any atom is -0.387 e. The maximum absolute atomic E-state index is 13.9. The first kappa shape index (κ1) is 45.9. The summed E-state index contributed by atoms with van der Waals surface area (Å²) in [6.07, 6.45) is 23.3. The van der Waals surface area contributed by atoms with E-state index in [9.17, 15) is 24.3 Å². The first-order valence-corrected chi connectivity index (χ1v) is 26.5. The molecule has 4 fully saturated rings. The predicted octanol–water partition coefficient (Wildman–Crippen LogP) is 9.72. The normalized spacial score (nSPS) is 27.2. The van der Waals surface area contributed by atoms with Crippen molar-refractivity contribution in [1.82, 2.24) is 24.5 Å². The second-order valence-electron chi connectivity index (χ2n) is 22.1. The van der Waals surface area contributed by atoms with Gasteiger partial charge in [0, 0.05) is 42.4 Å². The number of aliphatic hydroxyl groups is 1. The molecule has 15 heteroatoms. The molecule has 14 nitrogen and oxygen atoms in total. The fourth-order valence-corrected chi connectivity index (χ4v) is 14.5. The van der Waals surface area contributed by atoms with Crippen molar-refractivity contribution in [2.45, 2.75) is 160 Å². The van der Waals surface area contributed by atoms with Crippen LogP contribution in [0.25, 0.3) is 15.9 Å². The third kappa shape index (κ3) is 8.76. The topological polar surface area (TPSA) is 188 Å². The van der Waals surface area contributed by atoms with E-state index in [1.54, 1.807) is 42.0 Å². The third-order valence-electron chi connectivity index (χ3n) is 16.9. The molecule has 3 aliphatic carbocycles. The summed E-state index contributed by atoms with van der Waals surface area (Å²) in [7, 11) is 0. The number of thiazole rings is 1. The summed E-state index contributed by atoms with van der Waals surface area (Å²) < 4.78 is 2.65. The molecule has 6 aliphatic rings. The quantitative estimate of drug-likeness (QED) is 0.0757. The highest BCUT2D eigenvalue weighted by Crippen LogP contribution is 2.60. The molecule has 6 heterocycles. The van der Waals surface area contributed by atoms with E-state index in [-0.39, 0.29) is 17.6 Å². The summed E-state index contributed by atoms with van der Waals surface area (Å²) in [6.45, 7) is 6.64. The molecule has 4 amide bonds. The molecule has 3 aliphatic heterocycles. The summed E-state index contributed by atoms with van der Waals surface area (Å²) >= 11 is 1.72. The predicted molar refractivity (Wildman–Crippen MR) is 268 cm³/mol. The Bertz CT molecular complexity index is 2880. The standard InChI is InChI=1S/C54H65N9O5S/c1-31-8-7-22-61(31)45-20-23-62-47(60-45)38(30-56-62)48(64)57-40-26-43-41(25-39(40)53(2,3)68)58-50(69-43)36-15-13-32(14-16-36)24-33-19-21-54(27-33)28-34(29-54)9-4-5-10-35-11-6-12-37-46(35)52(67)63(51(37)66)42-17-18-44(55)59-49(42)65/h6,11-12,20,23,25-26,30-34,36,42,68H,4-5,7-10,13-19,21-22,24,27-29H2,1-3H3,(H,57,64)(H2,55,59,65)/t31-,32?,33?,34?,36?,42?,54?/m0/s1. The van der Waals surface area contributed by atoms with Crippen LogP contribution in [0, 0.1) is 23.2 Å². The summed E-state index contributed by atoms with van der Waals surface area (Å²) in [5, 5.41) is 20.0. The van der Waals surface area contributed by atoms with Gasteiger partial charge in [0.25, 0.3) is 23.6 Å². The number of aryl methyl sites for hydroxylation is 1. The van der Waals surface area contributed by atoms with Crippen molar-refractivity contribution in [3.05, 3.63) is 81.6 Å². The second-order valence-corrected chi connectivity index (χ2v) is 23.2. The molecule has 0 radical (unpaired) electrons. The van der Waals surface area contributed by atoms with Gasteiger partial charge >= 0.3 is 0 Å². The van der Waals surface area contributed by atoms with E-state index < -0.39 is 23.5 Å². The van der Waals surface area contributed by atoms with Crippen LogP contribution in [0.4, 0.5) is 11.5 Å². The Morgan fingerprint density at radius 3 is 2.54 bits per heavy atom. The van der Waals surface area contributed by atoms with Gasteiger partial charge in [-0.15, -0.1) is 11.3 Å². The molecular formula is C54H65N9O5S. The summed E-state index contributed by atoms with van der Waals surface area (Å²) in [4.78, 5) is 70.7. The number of carbonyl (C=O) groups is 4. The van der Waals surface area contributed by atoms with Gasteiger partial charge in [0.15, 0.2) is 5.65 Å². The van der Waals surface area contributed by atoms with E-state index in [4.69, 9.17) is 15.7 Å². The summed E-state index contributed by atoms with van der Waals surface area (Å²) in [5.74, 6) is 2.29. The lowest BCUT2D eigenvalue weighted by atomic mass is 9.59. The number of nitrogens with two attached hydrogens (primary N) is 1. The van der Waals surface area contributed by atoms with Crippen LogP contribution in [-0.4, -0.2) is 77.7 Å². The maximum Gasteiger partial charge on any atom is 0.270 e. The van der Waals surface area contributed by atoms with Gasteiger partial charge < -0.3 is 21.1 Å². The Balaban J connectivity index is 0.651. The number of hydrogen-bond acceptors (Lipinski definition) is 11. The number of anilines is 2. The number of hydrogen-bond donors (Lipinski definition) is 3. The van der Waals surface area contributed by atoms with Crippen LogP contribution in [-0.2, 0) is 16.8 Å². The second kappa shape index (κ2) is 18.0. The minimum absolute atomic E-state index is 0.252. The monoisotopic (exact) mass is 951 g/mol. The lowest BCUT2D eigenvalue weighted by Gasteiger charge is -2.46. The van der Waals surface area contributed by atoms with Gasteiger partial charge in [-0.25, -0.2) is 14.5 Å². The molecule has 1 saturated heterocycles. The number of imide groups is 1. The van der Waals surface area contributed by atoms with E-state index in [2.05, 4.69) is 27.2 Å². The molecule has 0 bridgehead atoms. The van der Waals surface area contributed by atoms with Gasteiger partial charge in [-0.1, -0.05) is 25.0 Å². The van der Waals surface area contributed by atoms with Crippen LogP contribution in [0.5, 0.6) is 0 Å². The van der Waals surface area contributed by atoms with Crippen molar-refractivity contribution in [1.29, 1.82) is 0 Å². The highest BCUT2D eigenvalue weighted by molar-refractivity contribution is 7.18.